The number of amides is 1. The summed E-state index contributed by atoms with van der Waals surface area (Å²) < 4.78 is 28.3. The Bertz CT molecular complexity index is 603. The molecule has 1 aromatic rings. The van der Waals surface area contributed by atoms with Crippen LogP contribution in [-0.2, 0) is 14.8 Å². The molecule has 3 N–H and O–H groups in total. The first-order valence-electron chi connectivity index (χ1n) is 6.33. The second-order valence-corrected chi connectivity index (χ2v) is 6.49. The predicted molar refractivity (Wildman–Crippen MR) is 73.7 cm³/mol. The van der Waals surface area contributed by atoms with Crippen LogP contribution in [0.25, 0.3) is 0 Å². The van der Waals surface area contributed by atoms with Crippen molar-refractivity contribution in [3.05, 3.63) is 29.8 Å². The van der Waals surface area contributed by atoms with Gasteiger partial charge in [-0.1, -0.05) is 12.1 Å². The molecule has 0 radical (unpaired) electrons. The average Bonchev–Trinajstić information content (AvgIpc) is 2.37. The molecule has 2 rings (SSSR count). The van der Waals surface area contributed by atoms with Gasteiger partial charge in [-0.15, -0.1) is 0 Å². The van der Waals surface area contributed by atoms with Gasteiger partial charge in [0.05, 0.1) is 16.1 Å². The van der Waals surface area contributed by atoms with Gasteiger partial charge in [0.2, 0.25) is 10.0 Å². The number of nitrogens with one attached hydrogen (secondary N) is 1. The van der Waals surface area contributed by atoms with Crippen molar-refractivity contribution < 1.29 is 17.9 Å². The van der Waals surface area contributed by atoms with Crippen molar-refractivity contribution in [2.45, 2.75) is 29.8 Å². The molecule has 110 valence electrons. The second kappa shape index (κ2) is 5.51. The van der Waals surface area contributed by atoms with Crippen LogP contribution in [0.1, 0.15) is 29.6 Å². The van der Waals surface area contributed by atoms with Crippen LogP contribution in [0.2, 0.25) is 0 Å². The Balaban J connectivity index is 2.14. The van der Waals surface area contributed by atoms with Gasteiger partial charge < -0.3 is 10.1 Å². The summed E-state index contributed by atoms with van der Waals surface area (Å²) in [6.45, 7) is 0.362. The van der Waals surface area contributed by atoms with Gasteiger partial charge in [-0.3, -0.25) is 4.79 Å². The molecule has 0 bridgehead atoms. The van der Waals surface area contributed by atoms with E-state index in [1.54, 1.807) is 13.2 Å². The maximum Gasteiger partial charge on any atom is 0.252 e. The topological polar surface area (TPSA) is 98.5 Å². The molecule has 6 nitrogen and oxygen atoms in total. The van der Waals surface area contributed by atoms with Crippen molar-refractivity contribution in [1.82, 2.24) is 5.32 Å². The van der Waals surface area contributed by atoms with Gasteiger partial charge in [-0.05, 0) is 31.4 Å². The normalized spacial score (nSPS) is 17.3. The molecule has 1 fully saturated rings. The van der Waals surface area contributed by atoms with Crippen LogP contribution in [0.4, 0.5) is 0 Å². The van der Waals surface area contributed by atoms with Gasteiger partial charge in [0.15, 0.2) is 0 Å². The maximum atomic E-state index is 12.1. The van der Waals surface area contributed by atoms with Crippen LogP contribution in [-0.4, -0.2) is 33.6 Å². The zero-order chi connectivity index (χ0) is 14.8. The predicted octanol–water partition coefficient (Wildman–Crippen LogP) is 0.633. The van der Waals surface area contributed by atoms with Gasteiger partial charge in [-0.2, -0.15) is 0 Å². The third-order valence-corrected chi connectivity index (χ3v) is 4.68. The lowest BCUT2D eigenvalue weighted by Gasteiger charge is -2.40. The van der Waals surface area contributed by atoms with Crippen LogP contribution in [0.5, 0.6) is 0 Å². The minimum atomic E-state index is -3.92. The Morgan fingerprint density at radius 2 is 2.05 bits per heavy atom. The van der Waals surface area contributed by atoms with Crippen LogP contribution < -0.4 is 10.5 Å². The molecule has 1 aliphatic rings. The first kappa shape index (κ1) is 15.0. The SMILES string of the molecule is COC1(CNC(=O)c2ccccc2S(N)(=O)=O)CCC1. The van der Waals surface area contributed by atoms with E-state index < -0.39 is 15.9 Å². The number of nitrogens with two attached hydrogens (primary N) is 1. The van der Waals surface area contributed by atoms with Gasteiger partial charge in [0.1, 0.15) is 0 Å². The minimum absolute atomic E-state index is 0.0561. The fraction of sp³-hybridized carbons (Fsp3) is 0.462. The van der Waals surface area contributed by atoms with Crippen molar-refractivity contribution in [1.29, 1.82) is 0 Å². The highest BCUT2D eigenvalue weighted by Crippen LogP contribution is 2.34. The number of carbonyl (C=O) groups excluding carboxylic acids is 1. The lowest BCUT2D eigenvalue weighted by Crippen LogP contribution is -2.49. The maximum absolute atomic E-state index is 12.1. The third kappa shape index (κ3) is 3.00. The molecule has 1 amide bonds. The fourth-order valence-corrected chi connectivity index (χ4v) is 3.00. The number of hydrogen-bond donors (Lipinski definition) is 2. The highest BCUT2D eigenvalue weighted by molar-refractivity contribution is 7.89. The molecule has 7 heteroatoms. The first-order valence-corrected chi connectivity index (χ1v) is 7.88. The van der Waals surface area contributed by atoms with E-state index in [1.165, 1.54) is 18.2 Å². The molecule has 1 aromatic carbocycles. The number of rotatable bonds is 5. The molecule has 0 atom stereocenters. The molecule has 20 heavy (non-hydrogen) atoms. The number of hydrogen-bond acceptors (Lipinski definition) is 4. The number of sulfonamides is 1. The number of primary sulfonamides is 1. The van der Waals surface area contributed by atoms with Crippen molar-refractivity contribution in [2.24, 2.45) is 5.14 Å². The Labute approximate surface area is 118 Å². The standard InChI is InChI=1S/C13H18N2O4S/c1-19-13(7-4-8-13)9-15-12(16)10-5-2-3-6-11(10)20(14,17)18/h2-3,5-6H,4,7-9H2,1H3,(H,15,16)(H2,14,17,18). The van der Waals surface area contributed by atoms with Crippen molar-refractivity contribution >= 4 is 15.9 Å². The van der Waals surface area contributed by atoms with Gasteiger partial charge >= 0.3 is 0 Å². The van der Waals surface area contributed by atoms with Crippen LogP contribution in [0, 0.1) is 0 Å². The molecule has 0 spiro atoms. The van der Waals surface area contributed by atoms with E-state index >= 15 is 0 Å². The number of carbonyl (C=O) groups is 1. The van der Waals surface area contributed by atoms with Gasteiger partial charge in [0, 0.05) is 13.7 Å². The monoisotopic (exact) mass is 298 g/mol. The quantitative estimate of drug-likeness (QED) is 0.833. The molecular weight excluding hydrogens is 280 g/mol. The Morgan fingerprint density at radius 1 is 1.40 bits per heavy atom. The third-order valence-electron chi connectivity index (χ3n) is 3.71. The summed E-state index contributed by atoms with van der Waals surface area (Å²) >= 11 is 0. The highest BCUT2D eigenvalue weighted by atomic mass is 32.2. The van der Waals surface area contributed by atoms with E-state index in [0.717, 1.165) is 19.3 Å². The van der Waals surface area contributed by atoms with Crippen LogP contribution in [0.3, 0.4) is 0 Å². The van der Waals surface area contributed by atoms with E-state index in [2.05, 4.69) is 5.32 Å². The fourth-order valence-electron chi connectivity index (χ4n) is 2.26. The smallest absolute Gasteiger partial charge is 0.252 e. The summed E-state index contributed by atoms with van der Waals surface area (Å²) in [4.78, 5) is 12.0. The summed E-state index contributed by atoms with van der Waals surface area (Å²) in [5.41, 5.74) is -0.257. The van der Waals surface area contributed by atoms with Crippen LogP contribution in [0.15, 0.2) is 29.2 Å². The number of benzene rings is 1. The van der Waals surface area contributed by atoms with Crippen molar-refractivity contribution in [2.75, 3.05) is 13.7 Å². The zero-order valence-electron chi connectivity index (χ0n) is 11.3. The van der Waals surface area contributed by atoms with E-state index in [9.17, 15) is 13.2 Å². The van der Waals surface area contributed by atoms with Crippen molar-refractivity contribution in [3.8, 4) is 0 Å². The van der Waals surface area contributed by atoms with Gasteiger partial charge in [0.25, 0.3) is 5.91 Å². The summed E-state index contributed by atoms with van der Waals surface area (Å²) in [7, 11) is -2.31. The van der Waals surface area contributed by atoms with E-state index in [-0.39, 0.29) is 16.1 Å². The number of ether oxygens (including phenoxy) is 1. The largest absolute Gasteiger partial charge is 0.376 e. The molecule has 0 saturated heterocycles. The Kier molecular flexibility index (Phi) is 4.12. The zero-order valence-corrected chi connectivity index (χ0v) is 12.1. The highest BCUT2D eigenvalue weighted by Gasteiger charge is 2.37. The summed E-state index contributed by atoms with van der Waals surface area (Å²) in [5.74, 6) is -0.460. The molecular formula is C13H18N2O4S. The van der Waals surface area contributed by atoms with Gasteiger partial charge in [-0.25, -0.2) is 13.6 Å². The molecule has 0 unspecified atom stereocenters. The Hall–Kier alpha value is -1.44. The second-order valence-electron chi connectivity index (χ2n) is 4.96. The molecule has 1 saturated carbocycles. The summed E-state index contributed by atoms with van der Waals surface area (Å²) in [6, 6.07) is 5.88. The summed E-state index contributed by atoms with van der Waals surface area (Å²) in [5, 5.41) is 7.83. The van der Waals surface area contributed by atoms with E-state index in [0.29, 0.717) is 6.54 Å². The van der Waals surface area contributed by atoms with E-state index in [1.807, 2.05) is 0 Å². The molecule has 0 heterocycles. The lowest BCUT2D eigenvalue weighted by molar-refractivity contribution is -0.0679. The summed E-state index contributed by atoms with van der Waals surface area (Å²) in [6.07, 6.45) is 2.85. The van der Waals surface area contributed by atoms with E-state index in [4.69, 9.17) is 9.88 Å². The Morgan fingerprint density at radius 3 is 2.55 bits per heavy atom. The molecule has 0 aliphatic heterocycles. The van der Waals surface area contributed by atoms with Crippen molar-refractivity contribution in [3.63, 3.8) is 0 Å². The lowest BCUT2D eigenvalue weighted by atomic mass is 9.80. The number of methoxy groups -OCH3 is 1. The average molecular weight is 298 g/mol. The van der Waals surface area contributed by atoms with Crippen LogP contribution >= 0.6 is 0 Å². The first-order chi connectivity index (χ1) is 9.38. The molecule has 1 aliphatic carbocycles. The molecule has 0 aromatic heterocycles. The minimum Gasteiger partial charge on any atom is -0.376 e.